The summed E-state index contributed by atoms with van der Waals surface area (Å²) < 4.78 is 33.8. The van der Waals surface area contributed by atoms with E-state index in [0.29, 0.717) is 10.0 Å². The van der Waals surface area contributed by atoms with Gasteiger partial charge < -0.3 is 4.74 Å². The zero-order valence-corrected chi connectivity index (χ0v) is 19.8. The third kappa shape index (κ3) is 4.35. The molecule has 2 heterocycles. The molecule has 4 aromatic rings. The van der Waals surface area contributed by atoms with E-state index in [2.05, 4.69) is 15.5 Å². The minimum atomic E-state index is -3.97. The number of nitrogens with one attached hydrogen (secondary N) is 1. The Kier molecular flexibility index (Phi) is 5.94. The second kappa shape index (κ2) is 9.05. The van der Waals surface area contributed by atoms with Crippen molar-refractivity contribution in [3.05, 3.63) is 83.9 Å². The van der Waals surface area contributed by atoms with Gasteiger partial charge in [0.2, 0.25) is 5.13 Å². The lowest BCUT2D eigenvalue weighted by Gasteiger charge is -2.34. The molecule has 0 aliphatic carbocycles. The number of carbonyl (C=O) groups is 1. The standard InChI is InChI=1S/C23H17ClN4O4S2/c24-16-11-12-19-18(13-16)28(34(30,31)17-9-5-2-6-10-17)14-20(32-19)21(29)25-23-27-26-22(33-23)15-7-3-1-4-8-15/h1-13,20H,14H2,(H,25,27,29)/t20-/m0/s1. The molecule has 8 nitrogen and oxygen atoms in total. The fourth-order valence-electron chi connectivity index (χ4n) is 3.47. The molecular formula is C23H17ClN4O4S2. The molecule has 3 aromatic carbocycles. The highest BCUT2D eigenvalue weighted by Gasteiger charge is 2.38. The van der Waals surface area contributed by atoms with Gasteiger partial charge in [0.05, 0.1) is 17.1 Å². The van der Waals surface area contributed by atoms with Crippen LogP contribution in [0.15, 0.2) is 83.8 Å². The minimum Gasteiger partial charge on any atom is -0.476 e. The quantitative estimate of drug-likeness (QED) is 0.424. The summed E-state index contributed by atoms with van der Waals surface area (Å²) in [4.78, 5) is 13.2. The maximum atomic E-state index is 13.4. The van der Waals surface area contributed by atoms with E-state index in [1.807, 2.05) is 30.3 Å². The second-order valence-electron chi connectivity index (χ2n) is 7.34. The van der Waals surface area contributed by atoms with Crippen LogP contribution in [0.25, 0.3) is 10.6 Å². The molecule has 11 heteroatoms. The molecule has 1 aliphatic heterocycles. The summed E-state index contributed by atoms with van der Waals surface area (Å²) in [5.74, 6) is -0.304. The predicted molar refractivity (Wildman–Crippen MR) is 131 cm³/mol. The number of rotatable bonds is 5. The lowest BCUT2D eigenvalue weighted by Crippen LogP contribution is -2.48. The number of hydrogen-bond acceptors (Lipinski definition) is 7. The normalized spacial score (nSPS) is 15.3. The maximum Gasteiger partial charge on any atom is 0.269 e. The molecule has 0 saturated heterocycles. The van der Waals surface area contributed by atoms with Crippen LogP contribution in [0.4, 0.5) is 10.8 Å². The number of halogens is 1. The second-order valence-corrected chi connectivity index (χ2v) is 10.6. The van der Waals surface area contributed by atoms with Crippen molar-refractivity contribution in [1.82, 2.24) is 10.2 Å². The molecule has 1 aliphatic rings. The molecule has 34 heavy (non-hydrogen) atoms. The van der Waals surface area contributed by atoms with Gasteiger partial charge in [-0.15, -0.1) is 10.2 Å². The van der Waals surface area contributed by atoms with E-state index in [1.165, 1.54) is 29.5 Å². The van der Waals surface area contributed by atoms with Crippen molar-refractivity contribution < 1.29 is 17.9 Å². The number of hydrogen-bond donors (Lipinski definition) is 1. The van der Waals surface area contributed by atoms with Gasteiger partial charge in [-0.1, -0.05) is 71.5 Å². The first-order chi connectivity index (χ1) is 16.4. The Balaban J connectivity index is 1.43. The van der Waals surface area contributed by atoms with Gasteiger partial charge in [0, 0.05) is 10.6 Å². The summed E-state index contributed by atoms with van der Waals surface area (Å²) in [5.41, 5.74) is 1.14. The Morgan fingerprint density at radius 2 is 1.74 bits per heavy atom. The number of anilines is 2. The van der Waals surface area contributed by atoms with Crippen molar-refractivity contribution in [2.75, 3.05) is 16.2 Å². The van der Waals surface area contributed by atoms with Crippen LogP contribution in [0.5, 0.6) is 5.75 Å². The molecule has 1 aromatic heterocycles. The average molecular weight is 513 g/mol. The number of amides is 1. The van der Waals surface area contributed by atoms with Crippen molar-refractivity contribution in [2.24, 2.45) is 0 Å². The highest BCUT2D eigenvalue weighted by molar-refractivity contribution is 7.92. The van der Waals surface area contributed by atoms with E-state index in [9.17, 15) is 13.2 Å². The molecule has 1 amide bonds. The number of fused-ring (bicyclic) bond motifs is 1. The number of carbonyl (C=O) groups excluding carboxylic acids is 1. The molecule has 0 unspecified atom stereocenters. The highest BCUT2D eigenvalue weighted by atomic mass is 35.5. The van der Waals surface area contributed by atoms with E-state index in [-0.39, 0.29) is 28.0 Å². The van der Waals surface area contributed by atoms with Gasteiger partial charge in [0.25, 0.3) is 15.9 Å². The van der Waals surface area contributed by atoms with E-state index >= 15 is 0 Å². The van der Waals surface area contributed by atoms with Gasteiger partial charge in [-0.3, -0.25) is 14.4 Å². The lowest BCUT2D eigenvalue weighted by atomic mass is 10.2. The fourth-order valence-corrected chi connectivity index (χ4v) is 5.87. The summed E-state index contributed by atoms with van der Waals surface area (Å²) in [5, 5.41) is 12.1. The van der Waals surface area contributed by atoms with Crippen LogP contribution in [0, 0.1) is 0 Å². The first kappa shape index (κ1) is 22.3. The highest BCUT2D eigenvalue weighted by Crippen LogP contribution is 2.39. The molecular weight excluding hydrogens is 496 g/mol. The zero-order chi connectivity index (χ0) is 23.7. The van der Waals surface area contributed by atoms with Gasteiger partial charge >= 0.3 is 0 Å². The third-order valence-corrected chi connectivity index (χ3v) is 8.01. The van der Waals surface area contributed by atoms with Crippen LogP contribution in [0.2, 0.25) is 5.02 Å². The Morgan fingerprint density at radius 3 is 2.47 bits per heavy atom. The molecule has 172 valence electrons. The van der Waals surface area contributed by atoms with Crippen molar-refractivity contribution in [3.8, 4) is 16.3 Å². The number of nitrogens with zero attached hydrogens (tertiary/aromatic N) is 3. The van der Waals surface area contributed by atoms with Gasteiger partial charge in [-0.05, 0) is 30.3 Å². The van der Waals surface area contributed by atoms with Crippen LogP contribution >= 0.6 is 22.9 Å². The monoisotopic (exact) mass is 512 g/mol. The van der Waals surface area contributed by atoms with Crippen LogP contribution in [-0.2, 0) is 14.8 Å². The SMILES string of the molecule is O=C(Nc1nnc(-c2ccccc2)s1)[C@@H]1CN(S(=O)(=O)c2ccccc2)c2cc(Cl)ccc2O1. The van der Waals surface area contributed by atoms with E-state index in [1.54, 1.807) is 30.3 Å². The molecule has 0 bridgehead atoms. The van der Waals surface area contributed by atoms with Crippen molar-refractivity contribution >= 4 is 49.7 Å². The summed E-state index contributed by atoms with van der Waals surface area (Å²) in [6, 6.07) is 22.1. The predicted octanol–water partition coefficient (Wildman–Crippen LogP) is 4.45. The summed E-state index contributed by atoms with van der Waals surface area (Å²) >= 11 is 7.34. The Morgan fingerprint density at radius 1 is 1.03 bits per heavy atom. The van der Waals surface area contributed by atoms with Crippen LogP contribution < -0.4 is 14.4 Å². The number of ether oxygens (including phenoxy) is 1. The zero-order valence-electron chi connectivity index (χ0n) is 17.5. The van der Waals surface area contributed by atoms with Crippen molar-refractivity contribution in [3.63, 3.8) is 0 Å². The molecule has 0 saturated carbocycles. The van der Waals surface area contributed by atoms with Gasteiger partial charge in [0.15, 0.2) is 6.10 Å². The van der Waals surface area contributed by atoms with E-state index < -0.39 is 22.0 Å². The Labute approximate surface area is 204 Å². The summed E-state index contributed by atoms with van der Waals surface area (Å²) in [7, 11) is -3.97. The summed E-state index contributed by atoms with van der Waals surface area (Å²) in [6.45, 7) is -0.235. The number of aromatic nitrogens is 2. The first-order valence-electron chi connectivity index (χ1n) is 10.2. The van der Waals surface area contributed by atoms with Gasteiger partial charge in [-0.25, -0.2) is 8.42 Å². The number of sulfonamides is 1. The van der Waals surface area contributed by atoms with E-state index in [4.69, 9.17) is 16.3 Å². The van der Waals surface area contributed by atoms with Crippen molar-refractivity contribution in [2.45, 2.75) is 11.0 Å². The molecule has 1 atom stereocenters. The molecule has 0 fully saturated rings. The first-order valence-corrected chi connectivity index (χ1v) is 12.8. The van der Waals surface area contributed by atoms with Gasteiger partial charge in [0.1, 0.15) is 10.8 Å². The Bertz CT molecular complexity index is 1450. The van der Waals surface area contributed by atoms with Crippen LogP contribution in [0.1, 0.15) is 0 Å². The third-order valence-electron chi connectivity index (χ3n) is 5.09. The lowest BCUT2D eigenvalue weighted by molar-refractivity contribution is -0.122. The Hall–Kier alpha value is -3.47. The topological polar surface area (TPSA) is 101 Å². The molecule has 1 N–H and O–H groups in total. The minimum absolute atomic E-state index is 0.0959. The van der Waals surface area contributed by atoms with Gasteiger partial charge in [-0.2, -0.15) is 0 Å². The molecule has 5 rings (SSSR count). The fraction of sp³-hybridized carbons (Fsp3) is 0.0870. The average Bonchev–Trinajstić information content (AvgIpc) is 3.33. The largest absolute Gasteiger partial charge is 0.476 e. The van der Waals surface area contributed by atoms with Crippen LogP contribution in [-0.4, -0.2) is 37.2 Å². The van der Waals surface area contributed by atoms with Crippen LogP contribution in [0.3, 0.4) is 0 Å². The van der Waals surface area contributed by atoms with Crippen molar-refractivity contribution in [1.29, 1.82) is 0 Å². The summed E-state index contributed by atoms with van der Waals surface area (Å²) in [6.07, 6.45) is -1.11. The molecule has 0 spiro atoms. The molecule has 0 radical (unpaired) electrons. The van der Waals surface area contributed by atoms with E-state index in [0.717, 1.165) is 9.87 Å². The smallest absolute Gasteiger partial charge is 0.269 e. The number of benzene rings is 3. The maximum absolute atomic E-state index is 13.4.